The number of rotatable bonds is 6. The molecule has 1 aromatic rings. The lowest BCUT2D eigenvalue weighted by molar-refractivity contribution is 0.425. The summed E-state index contributed by atoms with van der Waals surface area (Å²) in [7, 11) is 0. The van der Waals surface area contributed by atoms with E-state index in [1.54, 1.807) is 0 Å². The van der Waals surface area contributed by atoms with Gasteiger partial charge in [0.25, 0.3) is 0 Å². The van der Waals surface area contributed by atoms with Crippen LogP contribution in [0.3, 0.4) is 0 Å². The maximum atomic E-state index is 9.67. The van der Waals surface area contributed by atoms with Crippen molar-refractivity contribution in [2.24, 2.45) is 0 Å². The highest BCUT2D eigenvalue weighted by Crippen LogP contribution is 2.27. The second-order valence-corrected chi connectivity index (χ2v) is 6.61. The lowest BCUT2D eigenvalue weighted by Crippen LogP contribution is -2.47. The van der Waals surface area contributed by atoms with Gasteiger partial charge < -0.3 is 0 Å². The molecule has 18 heavy (non-hydrogen) atoms. The van der Waals surface area contributed by atoms with E-state index >= 15 is 0 Å². The quantitative estimate of drug-likeness (QED) is 0.851. The smallest absolute Gasteiger partial charge is 0.141 e. The summed E-state index contributed by atoms with van der Waals surface area (Å²) >= 11 is 1.81. The number of nitrogens with zero attached hydrogens (tertiary/aromatic N) is 1. The SMILES string of the molecule is CC(C)NC(C#N)(CSC(C)C)c1ccccc1. The van der Waals surface area contributed by atoms with Crippen LogP contribution in [-0.4, -0.2) is 17.0 Å². The van der Waals surface area contributed by atoms with E-state index in [1.807, 2.05) is 42.1 Å². The first kappa shape index (κ1) is 15.1. The zero-order valence-electron chi connectivity index (χ0n) is 11.6. The van der Waals surface area contributed by atoms with Crippen LogP contribution in [0, 0.1) is 11.3 Å². The molecule has 0 amide bonds. The fourth-order valence-electron chi connectivity index (χ4n) is 1.84. The molecule has 0 bridgehead atoms. The summed E-state index contributed by atoms with van der Waals surface area (Å²) in [4.78, 5) is 0. The first-order valence-corrected chi connectivity index (χ1v) is 7.41. The van der Waals surface area contributed by atoms with Gasteiger partial charge in [-0.25, -0.2) is 0 Å². The van der Waals surface area contributed by atoms with Crippen LogP contribution >= 0.6 is 11.8 Å². The van der Waals surface area contributed by atoms with Gasteiger partial charge in [-0.2, -0.15) is 17.0 Å². The maximum Gasteiger partial charge on any atom is 0.141 e. The van der Waals surface area contributed by atoms with Crippen LogP contribution in [0.5, 0.6) is 0 Å². The zero-order valence-corrected chi connectivity index (χ0v) is 12.4. The summed E-state index contributed by atoms with van der Waals surface area (Å²) in [5, 5.41) is 13.6. The van der Waals surface area contributed by atoms with E-state index in [0.29, 0.717) is 5.25 Å². The minimum Gasteiger partial charge on any atom is -0.293 e. The van der Waals surface area contributed by atoms with Crippen molar-refractivity contribution >= 4 is 11.8 Å². The Balaban J connectivity index is 3.03. The van der Waals surface area contributed by atoms with Crippen LogP contribution in [0.15, 0.2) is 30.3 Å². The number of nitriles is 1. The Kier molecular flexibility index (Phi) is 5.71. The second kappa shape index (κ2) is 6.82. The van der Waals surface area contributed by atoms with Crippen molar-refractivity contribution in [3.63, 3.8) is 0 Å². The molecule has 0 saturated carbocycles. The molecule has 0 aliphatic carbocycles. The third kappa shape index (κ3) is 4.04. The standard InChI is InChI=1S/C15H22N2S/c1-12(2)17-15(10-16,11-18-13(3)4)14-8-6-5-7-9-14/h5-9,12-13,17H,11H2,1-4H3. The third-order valence-electron chi connectivity index (χ3n) is 2.63. The van der Waals surface area contributed by atoms with Crippen molar-refractivity contribution in [3.8, 4) is 6.07 Å². The molecule has 1 rings (SSSR count). The van der Waals surface area contributed by atoms with Crippen LogP contribution in [0.4, 0.5) is 0 Å². The van der Waals surface area contributed by atoms with Gasteiger partial charge in [0.05, 0.1) is 6.07 Å². The monoisotopic (exact) mass is 262 g/mol. The number of nitrogens with one attached hydrogen (secondary N) is 1. The largest absolute Gasteiger partial charge is 0.293 e. The average Bonchev–Trinajstić information content (AvgIpc) is 2.35. The summed E-state index contributed by atoms with van der Waals surface area (Å²) < 4.78 is 0. The van der Waals surface area contributed by atoms with Gasteiger partial charge >= 0.3 is 0 Å². The van der Waals surface area contributed by atoms with Crippen LogP contribution in [0.2, 0.25) is 0 Å². The molecular formula is C15H22N2S. The number of benzene rings is 1. The van der Waals surface area contributed by atoms with E-state index in [9.17, 15) is 5.26 Å². The Hall–Kier alpha value is -0.980. The molecule has 0 aliphatic heterocycles. The molecule has 1 N–H and O–H groups in total. The second-order valence-electron chi connectivity index (χ2n) is 5.04. The van der Waals surface area contributed by atoms with Crippen molar-refractivity contribution in [1.82, 2.24) is 5.32 Å². The van der Waals surface area contributed by atoms with E-state index in [1.165, 1.54) is 0 Å². The van der Waals surface area contributed by atoms with Gasteiger partial charge in [0.1, 0.15) is 5.54 Å². The molecule has 0 fully saturated rings. The Morgan fingerprint density at radius 3 is 2.28 bits per heavy atom. The molecule has 0 aromatic heterocycles. The summed E-state index contributed by atoms with van der Waals surface area (Å²) in [5.41, 5.74) is 0.457. The van der Waals surface area contributed by atoms with E-state index in [-0.39, 0.29) is 6.04 Å². The molecule has 0 radical (unpaired) electrons. The summed E-state index contributed by atoms with van der Waals surface area (Å²) in [6, 6.07) is 12.8. The van der Waals surface area contributed by atoms with Crippen molar-refractivity contribution in [1.29, 1.82) is 5.26 Å². The van der Waals surface area contributed by atoms with Crippen LogP contribution < -0.4 is 5.32 Å². The summed E-state index contributed by atoms with van der Waals surface area (Å²) in [5.74, 6) is 0.767. The third-order valence-corrected chi connectivity index (χ3v) is 3.89. The van der Waals surface area contributed by atoms with Crippen LogP contribution in [-0.2, 0) is 5.54 Å². The molecule has 0 aliphatic rings. The van der Waals surface area contributed by atoms with Crippen molar-refractivity contribution in [2.45, 2.75) is 44.5 Å². The minimum atomic E-state index is -0.593. The van der Waals surface area contributed by atoms with Crippen molar-refractivity contribution < 1.29 is 0 Å². The average molecular weight is 262 g/mol. The number of thioether (sulfide) groups is 1. The molecule has 1 atom stereocenters. The van der Waals surface area contributed by atoms with E-state index in [0.717, 1.165) is 11.3 Å². The molecule has 0 saturated heterocycles. The predicted octanol–water partition coefficient (Wildman–Crippen LogP) is 3.55. The normalized spacial score (nSPS) is 14.5. The Bertz CT molecular complexity index is 395. The van der Waals surface area contributed by atoms with E-state index < -0.39 is 5.54 Å². The highest BCUT2D eigenvalue weighted by Gasteiger charge is 2.32. The molecule has 0 heterocycles. The van der Waals surface area contributed by atoms with Gasteiger partial charge in [-0.15, -0.1) is 0 Å². The Labute approximate surface area is 115 Å². The fourth-order valence-corrected chi connectivity index (χ4v) is 2.74. The molecule has 0 spiro atoms. The highest BCUT2D eigenvalue weighted by atomic mass is 32.2. The minimum absolute atomic E-state index is 0.276. The first-order chi connectivity index (χ1) is 8.50. The molecule has 2 nitrogen and oxygen atoms in total. The Morgan fingerprint density at radius 2 is 1.83 bits per heavy atom. The first-order valence-electron chi connectivity index (χ1n) is 6.36. The zero-order chi connectivity index (χ0) is 13.6. The molecule has 1 unspecified atom stereocenters. The van der Waals surface area contributed by atoms with Gasteiger partial charge in [0.2, 0.25) is 0 Å². The van der Waals surface area contributed by atoms with Gasteiger partial charge in [-0.1, -0.05) is 44.2 Å². The van der Waals surface area contributed by atoms with Gasteiger partial charge in [-0.3, -0.25) is 5.32 Å². The topological polar surface area (TPSA) is 35.8 Å². The maximum absolute atomic E-state index is 9.67. The predicted molar refractivity (Wildman–Crippen MR) is 79.6 cm³/mol. The Morgan fingerprint density at radius 1 is 1.22 bits per heavy atom. The van der Waals surface area contributed by atoms with Crippen LogP contribution in [0.1, 0.15) is 33.3 Å². The molecular weight excluding hydrogens is 240 g/mol. The number of hydrogen-bond acceptors (Lipinski definition) is 3. The molecule has 1 aromatic carbocycles. The highest BCUT2D eigenvalue weighted by molar-refractivity contribution is 7.99. The summed E-state index contributed by atoms with van der Waals surface area (Å²) in [6.45, 7) is 8.48. The van der Waals surface area contributed by atoms with Gasteiger partial charge in [0.15, 0.2) is 0 Å². The fraction of sp³-hybridized carbons (Fsp3) is 0.533. The van der Waals surface area contributed by atoms with Crippen LogP contribution in [0.25, 0.3) is 0 Å². The lowest BCUT2D eigenvalue weighted by atomic mass is 9.92. The summed E-state index contributed by atoms with van der Waals surface area (Å²) in [6.07, 6.45) is 0. The van der Waals surface area contributed by atoms with Gasteiger partial charge in [-0.05, 0) is 24.7 Å². The lowest BCUT2D eigenvalue weighted by Gasteiger charge is -2.31. The van der Waals surface area contributed by atoms with Crippen molar-refractivity contribution in [2.75, 3.05) is 5.75 Å². The number of hydrogen-bond donors (Lipinski definition) is 1. The van der Waals surface area contributed by atoms with E-state index in [4.69, 9.17) is 0 Å². The molecule has 3 heteroatoms. The van der Waals surface area contributed by atoms with E-state index in [2.05, 4.69) is 39.1 Å². The van der Waals surface area contributed by atoms with Crippen molar-refractivity contribution in [3.05, 3.63) is 35.9 Å². The molecule has 98 valence electrons. The van der Waals surface area contributed by atoms with Gasteiger partial charge in [0, 0.05) is 11.8 Å².